The van der Waals surface area contributed by atoms with Gasteiger partial charge in [-0.05, 0) is 32.1 Å². The highest BCUT2D eigenvalue weighted by Gasteiger charge is 2.43. The number of hydrogen-bond donors (Lipinski definition) is 0. The minimum atomic E-state index is 0. The summed E-state index contributed by atoms with van der Waals surface area (Å²) in [6, 6.07) is 0. The molecule has 2 heteroatoms. The van der Waals surface area contributed by atoms with Gasteiger partial charge in [-0.3, -0.25) is 0 Å². The highest BCUT2D eigenvalue weighted by Crippen LogP contribution is 2.39. The van der Waals surface area contributed by atoms with Crippen LogP contribution in [0.4, 0.5) is 0 Å². The van der Waals surface area contributed by atoms with E-state index in [2.05, 4.69) is 41.8 Å². The Bertz CT molecular complexity index is 494. The van der Waals surface area contributed by atoms with Crippen LogP contribution in [0.15, 0.2) is 0 Å². The van der Waals surface area contributed by atoms with E-state index in [0.717, 1.165) is 0 Å². The smallest absolute Gasteiger partial charge is 0.0988 e. The first kappa shape index (κ1) is 47.0. The van der Waals surface area contributed by atoms with Crippen molar-refractivity contribution in [3.8, 4) is 0 Å². The van der Waals surface area contributed by atoms with Crippen molar-refractivity contribution in [2.45, 2.75) is 258 Å². The summed E-state index contributed by atoms with van der Waals surface area (Å²) < 4.78 is 1.30. The Morgan fingerprint density at radius 1 is 0.289 bits per heavy atom. The molecule has 0 rings (SSSR count). The fraction of sp³-hybridized carbons (Fsp3) is 1.00. The number of nitrogens with zero attached hydrogens (tertiary/aromatic N) is 1. The first-order valence-corrected chi connectivity index (χ1v) is 21.3. The maximum absolute atomic E-state index is 2.67. The van der Waals surface area contributed by atoms with Crippen molar-refractivity contribution < 1.29 is 9.19 Å². The molecule has 0 aliphatic heterocycles. The Morgan fingerprint density at radius 2 is 0.489 bits per heavy atom. The Hall–Kier alpha value is -0.110. The molecular formula is C43H90FN. The summed E-state index contributed by atoms with van der Waals surface area (Å²) in [6.07, 6.45) is 50.9. The minimum absolute atomic E-state index is 0. The predicted molar refractivity (Wildman–Crippen MR) is 204 cm³/mol. The van der Waals surface area contributed by atoms with Crippen LogP contribution in [0.25, 0.3) is 0 Å². The molecule has 0 amide bonds. The lowest BCUT2D eigenvalue weighted by Crippen LogP contribution is -3.00. The maximum Gasteiger partial charge on any atom is 0.0988 e. The molecule has 0 spiro atoms. The first-order chi connectivity index (χ1) is 21.5. The molecule has 0 aromatic carbocycles. The molecule has 0 fully saturated rings. The molecular weight excluding hydrogens is 549 g/mol. The van der Waals surface area contributed by atoms with Crippen LogP contribution in [0.3, 0.4) is 0 Å². The quantitative estimate of drug-likeness (QED) is 0.0468. The molecule has 0 heterocycles. The van der Waals surface area contributed by atoms with Crippen molar-refractivity contribution in [2.75, 3.05) is 20.6 Å². The van der Waals surface area contributed by atoms with Crippen molar-refractivity contribution in [1.29, 1.82) is 0 Å². The summed E-state index contributed by atoms with van der Waals surface area (Å²) in [5.41, 5.74) is 0.508. The molecule has 45 heavy (non-hydrogen) atoms. The molecule has 0 aromatic rings. The van der Waals surface area contributed by atoms with Crippen LogP contribution < -0.4 is 4.70 Å². The van der Waals surface area contributed by atoms with Gasteiger partial charge in [0.25, 0.3) is 0 Å². The van der Waals surface area contributed by atoms with Crippen LogP contribution in [0.1, 0.15) is 252 Å². The second kappa shape index (κ2) is 35.2. The highest BCUT2D eigenvalue weighted by atomic mass is 19.0. The van der Waals surface area contributed by atoms with Crippen molar-refractivity contribution in [2.24, 2.45) is 0 Å². The van der Waals surface area contributed by atoms with Gasteiger partial charge in [0.05, 0.1) is 26.2 Å². The maximum atomic E-state index is 2.67. The molecule has 274 valence electrons. The highest BCUT2D eigenvalue weighted by molar-refractivity contribution is 4.82. The van der Waals surface area contributed by atoms with Crippen LogP contribution >= 0.6 is 0 Å². The van der Waals surface area contributed by atoms with Gasteiger partial charge in [0.1, 0.15) is 0 Å². The third kappa shape index (κ3) is 27.5. The molecule has 0 atom stereocenters. The lowest BCUT2D eigenvalue weighted by Gasteiger charge is -2.50. The second-order valence-corrected chi connectivity index (χ2v) is 15.8. The zero-order valence-corrected chi connectivity index (χ0v) is 32.8. The zero-order valence-electron chi connectivity index (χ0n) is 32.8. The summed E-state index contributed by atoms with van der Waals surface area (Å²) in [5, 5.41) is 0. The van der Waals surface area contributed by atoms with E-state index >= 15 is 0 Å². The standard InChI is InChI=1S/C43H90N.FH/c1-7-11-15-19-23-27-31-35-39-43(40-36-32-28-24-20-16-12-8-2,41-37-33-29-25-21-17-13-9-3)44(5,6)42-38-34-30-26-22-18-14-10-4;/h7-42H2,1-6H3;1H/q+1;/p-1. The van der Waals surface area contributed by atoms with E-state index in [0.29, 0.717) is 5.54 Å². The van der Waals surface area contributed by atoms with E-state index in [9.17, 15) is 0 Å². The van der Waals surface area contributed by atoms with E-state index in [4.69, 9.17) is 0 Å². The molecule has 0 radical (unpaired) electrons. The lowest BCUT2D eigenvalue weighted by molar-refractivity contribution is -0.944. The Labute approximate surface area is 287 Å². The van der Waals surface area contributed by atoms with E-state index in [1.165, 1.54) is 236 Å². The van der Waals surface area contributed by atoms with E-state index in [-0.39, 0.29) is 4.70 Å². The fourth-order valence-electron chi connectivity index (χ4n) is 7.92. The van der Waals surface area contributed by atoms with E-state index in [1.807, 2.05) is 0 Å². The largest absolute Gasteiger partial charge is 1.00 e. The molecule has 0 aliphatic carbocycles. The molecule has 0 bridgehead atoms. The molecule has 0 saturated heterocycles. The normalized spacial score (nSPS) is 12.1. The van der Waals surface area contributed by atoms with Crippen LogP contribution in [0.2, 0.25) is 0 Å². The van der Waals surface area contributed by atoms with Gasteiger partial charge in [-0.1, -0.05) is 201 Å². The molecule has 1 nitrogen and oxygen atoms in total. The van der Waals surface area contributed by atoms with Crippen molar-refractivity contribution in [3.63, 3.8) is 0 Å². The van der Waals surface area contributed by atoms with Gasteiger partial charge < -0.3 is 9.19 Å². The summed E-state index contributed by atoms with van der Waals surface area (Å²) in [6.45, 7) is 10.8. The van der Waals surface area contributed by atoms with Gasteiger partial charge in [0, 0.05) is 19.3 Å². The summed E-state index contributed by atoms with van der Waals surface area (Å²) in [5.74, 6) is 0. The Kier molecular flexibility index (Phi) is 36.8. The van der Waals surface area contributed by atoms with E-state index in [1.54, 1.807) is 0 Å². The topological polar surface area (TPSA) is 0 Å². The van der Waals surface area contributed by atoms with E-state index < -0.39 is 0 Å². The molecule has 0 aromatic heterocycles. The van der Waals surface area contributed by atoms with Gasteiger partial charge in [-0.2, -0.15) is 0 Å². The van der Waals surface area contributed by atoms with Gasteiger partial charge in [-0.25, -0.2) is 0 Å². The Balaban J connectivity index is 0. The van der Waals surface area contributed by atoms with Crippen LogP contribution in [-0.4, -0.2) is 30.7 Å². The number of halogens is 1. The third-order valence-corrected chi connectivity index (χ3v) is 11.3. The summed E-state index contributed by atoms with van der Waals surface area (Å²) in [7, 11) is 5.34. The summed E-state index contributed by atoms with van der Waals surface area (Å²) in [4.78, 5) is 0. The van der Waals surface area contributed by atoms with Crippen LogP contribution in [-0.2, 0) is 0 Å². The number of rotatable bonds is 37. The van der Waals surface area contributed by atoms with Crippen molar-refractivity contribution in [3.05, 3.63) is 0 Å². The number of unbranched alkanes of at least 4 members (excludes halogenated alkanes) is 28. The average Bonchev–Trinajstić information content (AvgIpc) is 3.01. The predicted octanol–water partition coefficient (Wildman–Crippen LogP) is 12.5. The molecule has 0 aliphatic rings. The molecule has 0 unspecified atom stereocenters. The zero-order chi connectivity index (χ0) is 32.5. The van der Waals surface area contributed by atoms with Gasteiger partial charge in [0.2, 0.25) is 0 Å². The monoisotopic (exact) mass is 640 g/mol. The van der Waals surface area contributed by atoms with Crippen molar-refractivity contribution >= 4 is 0 Å². The summed E-state index contributed by atoms with van der Waals surface area (Å²) >= 11 is 0. The lowest BCUT2D eigenvalue weighted by atomic mass is 9.78. The van der Waals surface area contributed by atoms with Gasteiger partial charge >= 0.3 is 0 Å². The fourth-order valence-corrected chi connectivity index (χ4v) is 7.92. The Morgan fingerprint density at radius 3 is 0.733 bits per heavy atom. The minimum Gasteiger partial charge on any atom is -1.00 e. The average molecular weight is 640 g/mol. The van der Waals surface area contributed by atoms with Crippen LogP contribution in [0, 0.1) is 0 Å². The van der Waals surface area contributed by atoms with Crippen LogP contribution in [0.5, 0.6) is 0 Å². The van der Waals surface area contributed by atoms with Gasteiger partial charge in [0.15, 0.2) is 0 Å². The SMILES string of the molecule is CCCCCCCCCCC(CCCCCCCCCC)(CCCCCCCCCC)[N+](C)(C)CCCCCCCCCC.[F-]. The number of hydrogen-bond acceptors (Lipinski definition) is 0. The number of quaternary nitrogens is 1. The van der Waals surface area contributed by atoms with Gasteiger partial charge in [-0.15, -0.1) is 0 Å². The third-order valence-electron chi connectivity index (χ3n) is 11.3. The van der Waals surface area contributed by atoms with Crippen molar-refractivity contribution in [1.82, 2.24) is 0 Å². The first-order valence-electron chi connectivity index (χ1n) is 21.3. The molecule has 0 saturated carbocycles. The molecule has 0 N–H and O–H groups in total. The second-order valence-electron chi connectivity index (χ2n) is 15.8.